The fourth-order valence-electron chi connectivity index (χ4n) is 5.56. The van der Waals surface area contributed by atoms with Crippen LogP contribution in [0.5, 0.6) is 0 Å². The Bertz CT molecular complexity index is 1560. The number of benzene rings is 4. The highest BCUT2D eigenvalue weighted by atomic mass is 16.2. The second kappa shape index (κ2) is 10.2. The Balaban J connectivity index is 1.23. The summed E-state index contributed by atoms with van der Waals surface area (Å²) in [6.45, 7) is 3.22. The zero-order valence-corrected chi connectivity index (χ0v) is 21.8. The summed E-state index contributed by atoms with van der Waals surface area (Å²) in [5, 5.41) is 2.97. The Labute approximate surface area is 227 Å². The third-order valence-corrected chi connectivity index (χ3v) is 7.63. The molecule has 2 aliphatic heterocycles. The lowest BCUT2D eigenvalue weighted by Gasteiger charge is -2.26. The van der Waals surface area contributed by atoms with Crippen molar-refractivity contribution < 1.29 is 14.4 Å². The van der Waals surface area contributed by atoms with E-state index in [4.69, 9.17) is 0 Å². The average Bonchev–Trinajstić information content (AvgIpc) is 3.40. The molecule has 39 heavy (non-hydrogen) atoms. The number of rotatable bonds is 4. The molecule has 1 saturated heterocycles. The summed E-state index contributed by atoms with van der Waals surface area (Å²) in [4.78, 5) is 43.7. The molecule has 0 aromatic heterocycles. The SMILES string of the molecule is Cc1ccc(-c2ccccc2C(=O)Nc2ccc(C(=O)N3C[C@H]4CCCN4C(=O)c4ccccc43)cc2)cc1. The molecule has 0 saturated carbocycles. The third-order valence-electron chi connectivity index (χ3n) is 7.63. The zero-order chi connectivity index (χ0) is 26.9. The standard InChI is InChI=1S/C33H29N3O3/c1-22-12-14-23(15-13-22)27-8-2-3-9-28(27)31(37)34-25-18-16-24(17-19-25)32(38)36-21-26-7-6-20-35(26)33(39)29-10-4-5-11-30(29)36/h2-5,8-19,26H,6-7,20-21H2,1H3,(H,34,37)/t26-/m1/s1. The maximum Gasteiger partial charge on any atom is 0.258 e. The van der Waals surface area contributed by atoms with Gasteiger partial charge in [0.05, 0.1) is 17.3 Å². The van der Waals surface area contributed by atoms with Crippen molar-refractivity contribution in [3.8, 4) is 11.1 Å². The lowest BCUT2D eigenvalue weighted by atomic mass is 9.98. The molecule has 6 nitrogen and oxygen atoms in total. The largest absolute Gasteiger partial charge is 0.334 e. The van der Waals surface area contributed by atoms with Crippen molar-refractivity contribution in [3.63, 3.8) is 0 Å². The van der Waals surface area contributed by atoms with Crippen LogP contribution < -0.4 is 10.2 Å². The molecule has 0 aliphatic carbocycles. The number of hydrogen-bond acceptors (Lipinski definition) is 3. The predicted octanol–water partition coefficient (Wildman–Crippen LogP) is 6.18. The quantitative estimate of drug-likeness (QED) is 0.353. The number of para-hydroxylation sites is 1. The van der Waals surface area contributed by atoms with Crippen molar-refractivity contribution in [2.75, 3.05) is 23.3 Å². The first-order valence-corrected chi connectivity index (χ1v) is 13.3. The van der Waals surface area contributed by atoms with Gasteiger partial charge in [0, 0.05) is 29.9 Å². The van der Waals surface area contributed by atoms with E-state index in [1.165, 1.54) is 0 Å². The molecule has 0 unspecified atom stereocenters. The minimum Gasteiger partial charge on any atom is -0.334 e. The first-order valence-electron chi connectivity index (χ1n) is 13.3. The second-order valence-corrected chi connectivity index (χ2v) is 10.2. The third kappa shape index (κ3) is 4.70. The fraction of sp³-hybridized carbons (Fsp3) is 0.182. The first kappa shape index (κ1) is 24.6. The van der Waals surface area contributed by atoms with Crippen LogP contribution in [0.4, 0.5) is 11.4 Å². The second-order valence-electron chi connectivity index (χ2n) is 10.2. The Morgan fingerprint density at radius 3 is 2.28 bits per heavy atom. The highest BCUT2D eigenvalue weighted by molar-refractivity contribution is 6.12. The lowest BCUT2D eigenvalue weighted by Crippen LogP contribution is -2.42. The van der Waals surface area contributed by atoms with Crippen LogP contribution in [-0.2, 0) is 0 Å². The molecule has 3 amide bonds. The maximum absolute atomic E-state index is 13.7. The average molecular weight is 516 g/mol. The molecule has 1 N–H and O–H groups in total. The molecule has 1 atom stereocenters. The molecule has 2 heterocycles. The van der Waals surface area contributed by atoms with E-state index < -0.39 is 0 Å². The molecule has 2 aliphatic rings. The summed E-state index contributed by atoms with van der Waals surface area (Å²) >= 11 is 0. The topological polar surface area (TPSA) is 69.7 Å². The molecule has 0 bridgehead atoms. The van der Waals surface area contributed by atoms with Gasteiger partial charge in [-0.1, -0.05) is 60.2 Å². The van der Waals surface area contributed by atoms with Crippen LogP contribution in [0.2, 0.25) is 0 Å². The number of amides is 3. The zero-order valence-electron chi connectivity index (χ0n) is 21.8. The van der Waals surface area contributed by atoms with Gasteiger partial charge >= 0.3 is 0 Å². The van der Waals surface area contributed by atoms with E-state index in [9.17, 15) is 14.4 Å². The van der Waals surface area contributed by atoms with Crippen LogP contribution in [0.1, 0.15) is 49.5 Å². The van der Waals surface area contributed by atoms with Gasteiger partial charge in [0.1, 0.15) is 0 Å². The van der Waals surface area contributed by atoms with E-state index in [2.05, 4.69) is 5.32 Å². The molecule has 194 valence electrons. The minimum absolute atomic E-state index is 0.00706. The number of hydrogen-bond donors (Lipinski definition) is 1. The van der Waals surface area contributed by atoms with Crippen molar-refractivity contribution in [2.45, 2.75) is 25.8 Å². The molecule has 0 radical (unpaired) electrons. The van der Waals surface area contributed by atoms with Crippen LogP contribution in [0.25, 0.3) is 11.1 Å². The van der Waals surface area contributed by atoms with Gasteiger partial charge in [-0.15, -0.1) is 0 Å². The molecular formula is C33H29N3O3. The van der Waals surface area contributed by atoms with Gasteiger partial charge in [-0.2, -0.15) is 0 Å². The van der Waals surface area contributed by atoms with Crippen molar-refractivity contribution >= 4 is 29.1 Å². The van der Waals surface area contributed by atoms with E-state index in [0.717, 1.165) is 36.1 Å². The minimum atomic E-state index is -0.216. The summed E-state index contributed by atoms with van der Waals surface area (Å²) in [6, 6.07) is 29.9. The van der Waals surface area contributed by atoms with Crippen LogP contribution in [-0.4, -0.2) is 41.8 Å². The van der Waals surface area contributed by atoms with E-state index in [1.807, 2.05) is 78.6 Å². The molecular weight excluding hydrogens is 486 g/mol. The normalized spacial score (nSPS) is 16.3. The number of nitrogens with one attached hydrogen (secondary N) is 1. The number of anilines is 2. The molecule has 1 fully saturated rings. The number of carbonyl (C=O) groups excluding carboxylic acids is 3. The highest BCUT2D eigenvalue weighted by Crippen LogP contribution is 2.33. The fourth-order valence-corrected chi connectivity index (χ4v) is 5.56. The molecule has 0 spiro atoms. The number of nitrogens with zero attached hydrogens (tertiary/aromatic N) is 2. The van der Waals surface area contributed by atoms with Crippen LogP contribution in [0.3, 0.4) is 0 Å². The Morgan fingerprint density at radius 1 is 0.821 bits per heavy atom. The summed E-state index contributed by atoms with van der Waals surface area (Å²) in [5.41, 5.74) is 5.88. The number of carbonyl (C=O) groups is 3. The number of fused-ring (bicyclic) bond motifs is 2. The van der Waals surface area contributed by atoms with E-state index in [-0.39, 0.29) is 23.8 Å². The van der Waals surface area contributed by atoms with Crippen LogP contribution >= 0.6 is 0 Å². The van der Waals surface area contributed by atoms with E-state index in [1.54, 1.807) is 35.2 Å². The first-order chi connectivity index (χ1) is 19.0. The van der Waals surface area contributed by atoms with Crippen molar-refractivity contribution in [3.05, 3.63) is 119 Å². The monoisotopic (exact) mass is 515 g/mol. The van der Waals surface area contributed by atoms with Crippen molar-refractivity contribution in [2.24, 2.45) is 0 Å². The predicted molar refractivity (Wildman–Crippen MR) is 153 cm³/mol. The maximum atomic E-state index is 13.7. The van der Waals surface area contributed by atoms with Crippen LogP contribution in [0, 0.1) is 6.92 Å². The Kier molecular flexibility index (Phi) is 6.45. The molecule has 4 aromatic rings. The lowest BCUT2D eigenvalue weighted by molar-refractivity contribution is 0.0744. The Hall–Kier alpha value is -4.71. The highest BCUT2D eigenvalue weighted by Gasteiger charge is 2.38. The Morgan fingerprint density at radius 2 is 1.51 bits per heavy atom. The van der Waals surface area contributed by atoms with E-state index in [0.29, 0.717) is 34.6 Å². The van der Waals surface area contributed by atoms with E-state index >= 15 is 0 Å². The molecule has 6 rings (SSSR count). The summed E-state index contributed by atoms with van der Waals surface area (Å²) in [5.74, 6) is -0.384. The summed E-state index contributed by atoms with van der Waals surface area (Å²) in [6.07, 6.45) is 1.83. The van der Waals surface area contributed by atoms with Gasteiger partial charge in [-0.3, -0.25) is 14.4 Å². The van der Waals surface area contributed by atoms with Gasteiger partial charge in [-0.05, 0) is 73.4 Å². The van der Waals surface area contributed by atoms with Gasteiger partial charge < -0.3 is 15.1 Å². The van der Waals surface area contributed by atoms with Crippen molar-refractivity contribution in [1.82, 2.24) is 4.90 Å². The van der Waals surface area contributed by atoms with Gasteiger partial charge in [0.15, 0.2) is 0 Å². The van der Waals surface area contributed by atoms with Gasteiger partial charge in [0.25, 0.3) is 17.7 Å². The summed E-state index contributed by atoms with van der Waals surface area (Å²) in [7, 11) is 0. The van der Waals surface area contributed by atoms with Gasteiger partial charge in [-0.25, -0.2) is 0 Å². The van der Waals surface area contributed by atoms with Gasteiger partial charge in [0.2, 0.25) is 0 Å². The molecule has 6 heteroatoms. The van der Waals surface area contributed by atoms with Crippen molar-refractivity contribution in [1.29, 1.82) is 0 Å². The van der Waals surface area contributed by atoms with Crippen LogP contribution in [0.15, 0.2) is 97.1 Å². The smallest absolute Gasteiger partial charge is 0.258 e. The number of aryl methyl sites for hydroxylation is 1. The summed E-state index contributed by atoms with van der Waals surface area (Å²) < 4.78 is 0. The molecule has 4 aromatic carbocycles.